The predicted molar refractivity (Wildman–Crippen MR) is 86.8 cm³/mol. The second-order valence-corrected chi connectivity index (χ2v) is 6.47. The molecule has 0 aliphatic carbocycles. The van der Waals surface area contributed by atoms with E-state index >= 15 is 0 Å². The minimum absolute atomic E-state index is 0.00755. The molecule has 1 unspecified atom stereocenters. The Morgan fingerprint density at radius 3 is 2.25 bits per heavy atom. The molecule has 0 saturated carbocycles. The lowest BCUT2D eigenvalue weighted by atomic mass is 9.99. The first kappa shape index (κ1) is 15.6. The number of nitrogens with two attached hydrogens (primary N) is 1. The number of nitrogens with one attached hydrogen (secondary N) is 1. The fourth-order valence-corrected chi connectivity index (χ4v) is 2.65. The second kappa shape index (κ2) is 7.31. The van der Waals surface area contributed by atoms with E-state index < -0.39 is 0 Å². The molecule has 2 aromatic carbocycles. The molecule has 106 valence electrons. The molecule has 0 aliphatic heterocycles. The number of rotatable bonds is 5. The van der Waals surface area contributed by atoms with Crippen LogP contribution in [0.4, 0.5) is 4.39 Å². The molecule has 0 fully saturated rings. The predicted octanol–water partition coefficient (Wildman–Crippen LogP) is 3.97. The number of hydrogen-bond donors (Lipinski definition) is 2. The zero-order valence-electron chi connectivity index (χ0n) is 10.7. The third-order valence-corrected chi connectivity index (χ3v) is 4.13. The van der Waals surface area contributed by atoms with E-state index in [0.717, 1.165) is 20.9 Å². The van der Waals surface area contributed by atoms with E-state index in [4.69, 9.17) is 5.84 Å². The van der Waals surface area contributed by atoms with Gasteiger partial charge in [0.25, 0.3) is 0 Å². The van der Waals surface area contributed by atoms with Crippen LogP contribution in [0.2, 0.25) is 0 Å². The third-order valence-electron chi connectivity index (χ3n) is 3.11. The highest BCUT2D eigenvalue weighted by Gasteiger charge is 2.12. The lowest BCUT2D eigenvalue weighted by Crippen LogP contribution is -2.38. The molecule has 1 atom stereocenters. The largest absolute Gasteiger partial charge is 0.271 e. The van der Waals surface area contributed by atoms with Gasteiger partial charge in [-0.2, -0.15) is 0 Å². The normalized spacial score (nSPS) is 12.4. The van der Waals surface area contributed by atoms with Gasteiger partial charge in [-0.25, -0.2) is 4.39 Å². The summed E-state index contributed by atoms with van der Waals surface area (Å²) in [5, 5.41) is 0. The molecular weight excluding hydrogens is 387 g/mol. The van der Waals surface area contributed by atoms with Crippen molar-refractivity contribution >= 4 is 31.9 Å². The van der Waals surface area contributed by atoms with Crippen LogP contribution in [0.15, 0.2) is 51.4 Å². The number of benzene rings is 2. The molecule has 0 saturated heterocycles. The minimum Gasteiger partial charge on any atom is -0.271 e. The van der Waals surface area contributed by atoms with Crippen LogP contribution < -0.4 is 11.3 Å². The molecule has 2 aromatic rings. The Bertz CT molecular complexity index is 573. The van der Waals surface area contributed by atoms with Gasteiger partial charge in [-0.05, 0) is 48.2 Å². The summed E-state index contributed by atoms with van der Waals surface area (Å²) in [5.41, 5.74) is 4.59. The maximum Gasteiger partial charge on any atom is 0.127 e. The van der Waals surface area contributed by atoms with Gasteiger partial charge in [0.2, 0.25) is 0 Å². The standard InChI is InChI=1S/C15H15Br2FN2/c16-12-4-1-10(2-5-12)7-14(20-19)8-11-3-6-13(17)9-15(11)18/h1-6,9,14,20H,7-8,19H2. The Morgan fingerprint density at radius 1 is 1.00 bits per heavy atom. The molecule has 5 heteroatoms. The molecule has 0 amide bonds. The Labute approximate surface area is 134 Å². The van der Waals surface area contributed by atoms with Gasteiger partial charge in [0.05, 0.1) is 0 Å². The summed E-state index contributed by atoms with van der Waals surface area (Å²) in [7, 11) is 0. The molecule has 0 bridgehead atoms. The lowest BCUT2D eigenvalue weighted by molar-refractivity contribution is 0.506. The lowest BCUT2D eigenvalue weighted by Gasteiger charge is -2.16. The topological polar surface area (TPSA) is 38.0 Å². The van der Waals surface area contributed by atoms with Crippen molar-refractivity contribution in [2.75, 3.05) is 0 Å². The van der Waals surface area contributed by atoms with Crippen LogP contribution in [-0.2, 0) is 12.8 Å². The van der Waals surface area contributed by atoms with Crippen molar-refractivity contribution in [3.05, 3.63) is 68.4 Å². The average molecular weight is 402 g/mol. The number of hydrazine groups is 1. The molecule has 0 aliphatic rings. The summed E-state index contributed by atoms with van der Waals surface area (Å²) in [6.45, 7) is 0. The zero-order valence-corrected chi connectivity index (χ0v) is 13.9. The molecule has 3 N–H and O–H groups in total. The van der Waals surface area contributed by atoms with Crippen LogP contribution in [0, 0.1) is 5.82 Å². The van der Waals surface area contributed by atoms with Gasteiger partial charge in [0.1, 0.15) is 5.82 Å². The molecule has 0 spiro atoms. The van der Waals surface area contributed by atoms with Crippen LogP contribution in [0.5, 0.6) is 0 Å². The van der Waals surface area contributed by atoms with Crippen molar-refractivity contribution in [2.24, 2.45) is 5.84 Å². The quantitative estimate of drug-likeness (QED) is 0.587. The molecule has 0 heterocycles. The third kappa shape index (κ3) is 4.38. The van der Waals surface area contributed by atoms with E-state index in [1.54, 1.807) is 6.07 Å². The van der Waals surface area contributed by atoms with Gasteiger partial charge in [-0.1, -0.05) is 50.1 Å². The summed E-state index contributed by atoms with van der Waals surface area (Å²) >= 11 is 6.66. The smallest absolute Gasteiger partial charge is 0.127 e. The molecule has 0 radical (unpaired) electrons. The van der Waals surface area contributed by atoms with Crippen molar-refractivity contribution in [3.8, 4) is 0 Å². The number of hydrogen-bond acceptors (Lipinski definition) is 2. The first-order chi connectivity index (χ1) is 9.58. The van der Waals surface area contributed by atoms with Gasteiger partial charge in [-0.3, -0.25) is 11.3 Å². The minimum atomic E-state index is -0.213. The Kier molecular flexibility index (Phi) is 5.72. The van der Waals surface area contributed by atoms with Gasteiger partial charge in [-0.15, -0.1) is 0 Å². The summed E-state index contributed by atoms with van der Waals surface area (Å²) in [6, 6.07) is 13.1. The first-order valence-corrected chi connectivity index (χ1v) is 7.81. The summed E-state index contributed by atoms with van der Waals surface area (Å²) in [5.74, 6) is 5.37. The average Bonchev–Trinajstić information content (AvgIpc) is 2.43. The van der Waals surface area contributed by atoms with Gasteiger partial charge >= 0.3 is 0 Å². The zero-order chi connectivity index (χ0) is 14.5. The maximum atomic E-state index is 13.8. The second-order valence-electron chi connectivity index (χ2n) is 4.63. The SMILES string of the molecule is NNC(Cc1ccc(Br)cc1)Cc1ccc(Br)cc1F. The Balaban J connectivity index is 2.07. The fraction of sp³-hybridized carbons (Fsp3) is 0.200. The van der Waals surface area contributed by atoms with E-state index in [0.29, 0.717) is 12.0 Å². The van der Waals surface area contributed by atoms with E-state index in [9.17, 15) is 4.39 Å². The van der Waals surface area contributed by atoms with E-state index in [1.165, 1.54) is 6.07 Å². The first-order valence-electron chi connectivity index (χ1n) is 6.23. The highest BCUT2D eigenvalue weighted by molar-refractivity contribution is 9.10. The maximum absolute atomic E-state index is 13.8. The highest BCUT2D eigenvalue weighted by Crippen LogP contribution is 2.18. The van der Waals surface area contributed by atoms with Gasteiger partial charge in [0.15, 0.2) is 0 Å². The van der Waals surface area contributed by atoms with Crippen molar-refractivity contribution in [1.82, 2.24) is 5.43 Å². The number of halogens is 3. The summed E-state index contributed by atoms with van der Waals surface area (Å²) in [4.78, 5) is 0. The van der Waals surface area contributed by atoms with Crippen LogP contribution in [-0.4, -0.2) is 6.04 Å². The monoisotopic (exact) mass is 400 g/mol. The van der Waals surface area contributed by atoms with Gasteiger partial charge in [0, 0.05) is 15.0 Å². The molecule has 2 rings (SSSR count). The molecule has 20 heavy (non-hydrogen) atoms. The van der Waals surface area contributed by atoms with Crippen LogP contribution in [0.1, 0.15) is 11.1 Å². The van der Waals surface area contributed by atoms with E-state index in [1.807, 2.05) is 30.3 Å². The van der Waals surface area contributed by atoms with E-state index in [2.05, 4.69) is 37.3 Å². The van der Waals surface area contributed by atoms with Crippen molar-refractivity contribution in [2.45, 2.75) is 18.9 Å². The summed E-state index contributed by atoms with van der Waals surface area (Å²) in [6.07, 6.45) is 1.30. The van der Waals surface area contributed by atoms with E-state index in [-0.39, 0.29) is 11.9 Å². The van der Waals surface area contributed by atoms with Crippen molar-refractivity contribution in [3.63, 3.8) is 0 Å². The summed E-state index contributed by atoms with van der Waals surface area (Å²) < 4.78 is 15.6. The fourth-order valence-electron chi connectivity index (χ4n) is 2.05. The highest BCUT2D eigenvalue weighted by atomic mass is 79.9. The van der Waals surface area contributed by atoms with Crippen LogP contribution in [0.25, 0.3) is 0 Å². The van der Waals surface area contributed by atoms with Crippen LogP contribution >= 0.6 is 31.9 Å². The van der Waals surface area contributed by atoms with Crippen molar-refractivity contribution in [1.29, 1.82) is 0 Å². The molecule has 2 nitrogen and oxygen atoms in total. The van der Waals surface area contributed by atoms with Crippen molar-refractivity contribution < 1.29 is 4.39 Å². The Morgan fingerprint density at radius 2 is 1.65 bits per heavy atom. The van der Waals surface area contributed by atoms with Gasteiger partial charge < -0.3 is 0 Å². The van der Waals surface area contributed by atoms with Crippen LogP contribution in [0.3, 0.4) is 0 Å². The molecular formula is C15H15Br2FN2. The molecule has 0 aromatic heterocycles. The Hall–Kier alpha value is -0.750.